The molecule has 0 spiro atoms. The first-order chi connectivity index (χ1) is 11.7. The summed E-state index contributed by atoms with van der Waals surface area (Å²) in [7, 11) is 0. The highest BCUT2D eigenvalue weighted by Gasteiger charge is 2.17. The van der Waals surface area contributed by atoms with E-state index in [2.05, 4.69) is 15.5 Å². The van der Waals surface area contributed by atoms with Crippen LogP contribution in [0.1, 0.15) is 5.56 Å². The minimum atomic E-state index is -0.350. The van der Waals surface area contributed by atoms with Crippen LogP contribution in [0.25, 0.3) is 5.69 Å². The molecule has 0 N–H and O–H groups in total. The van der Waals surface area contributed by atoms with E-state index in [0.29, 0.717) is 33.0 Å². The summed E-state index contributed by atoms with van der Waals surface area (Å²) in [6.45, 7) is 0.200. The van der Waals surface area contributed by atoms with Crippen LogP contribution < -0.4 is 9.47 Å². The number of aromatic nitrogens is 4. The Balaban J connectivity index is 1.56. The third-order valence-electron chi connectivity index (χ3n) is 3.41. The van der Waals surface area contributed by atoms with E-state index in [-0.39, 0.29) is 12.6 Å². The number of hydrogen-bond donors (Lipinski definition) is 0. The number of ether oxygens (including phenoxy) is 2. The zero-order valence-electron chi connectivity index (χ0n) is 12.1. The van der Waals surface area contributed by atoms with E-state index in [0.717, 1.165) is 5.69 Å². The van der Waals surface area contributed by atoms with Gasteiger partial charge in [-0.3, -0.25) is 0 Å². The molecule has 24 heavy (non-hydrogen) atoms. The molecule has 0 aliphatic carbocycles. The van der Waals surface area contributed by atoms with Crippen molar-refractivity contribution in [3.05, 3.63) is 52.8 Å². The van der Waals surface area contributed by atoms with Crippen molar-refractivity contribution >= 4 is 23.4 Å². The lowest BCUT2D eigenvalue weighted by atomic mass is 10.2. The Bertz CT molecular complexity index is 905. The first-order valence-electron chi connectivity index (χ1n) is 6.96. The van der Waals surface area contributed by atoms with Crippen LogP contribution in [0.5, 0.6) is 11.5 Å². The van der Waals surface area contributed by atoms with E-state index in [9.17, 15) is 4.39 Å². The molecule has 122 valence electrons. The maximum Gasteiger partial charge on any atom is 0.231 e. The van der Waals surface area contributed by atoms with Gasteiger partial charge in [0.05, 0.1) is 5.69 Å². The van der Waals surface area contributed by atoms with E-state index in [1.807, 2.05) is 6.07 Å². The van der Waals surface area contributed by atoms with Gasteiger partial charge in [-0.05, 0) is 40.3 Å². The van der Waals surface area contributed by atoms with Crippen LogP contribution in [0.15, 0.2) is 41.6 Å². The molecule has 4 rings (SSSR count). The van der Waals surface area contributed by atoms with Crippen molar-refractivity contribution in [2.45, 2.75) is 10.9 Å². The van der Waals surface area contributed by atoms with Crippen LogP contribution in [0.4, 0.5) is 4.39 Å². The summed E-state index contributed by atoms with van der Waals surface area (Å²) in [6.07, 6.45) is 0. The predicted molar refractivity (Wildman–Crippen MR) is 86.2 cm³/mol. The molecule has 0 radical (unpaired) electrons. The van der Waals surface area contributed by atoms with Gasteiger partial charge < -0.3 is 9.47 Å². The molecule has 1 aliphatic heterocycles. The topological polar surface area (TPSA) is 62.1 Å². The first kappa shape index (κ1) is 15.2. The molecule has 0 atom stereocenters. The Morgan fingerprint density at radius 2 is 2.04 bits per heavy atom. The average Bonchev–Trinajstić information content (AvgIpc) is 3.22. The van der Waals surface area contributed by atoms with Crippen LogP contribution in [0, 0.1) is 5.82 Å². The zero-order valence-corrected chi connectivity index (χ0v) is 13.7. The molecule has 9 heteroatoms. The van der Waals surface area contributed by atoms with Crippen LogP contribution in [0.2, 0.25) is 5.02 Å². The third kappa shape index (κ3) is 2.90. The van der Waals surface area contributed by atoms with Crippen LogP contribution in [0.3, 0.4) is 0 Å². The van der Waals surface area contributed by atoms with Gasteiger partial charge >= 0.3 is 0 Å². The molecule has 0 fully saturated rings. The van der Waals surface area contributed by atoms with E-state index in [1.165, 1.54) is 17.8 Å². The minimum absolute atomic E-state index is 0.200. The molecule has 6 nitrogen and oxygen atoms in total. The smallest absolute Gasteiger partial charge is 0.231 e. The van der Waals surface area contributed by atoms with Gasteiger partial charge in [-0.15, -0.1) is 5.10 Å². The highest BCUT2D eigenvalue weighted by atomic mass is 35.5. The molecule has 1 aliphatic rings. The van der Waals surface area contributed by atoms with Crippen LogP contribution >= 0.6 is 23.4 Å². The van der Waals surface area contributed by atoms with Crippen molar-refractivity contribution in [1.82, 2.24) is 20.2 Å². The molecular formula is C15H10ClFN4O2S. The van der Waals surface area contributed by atoms with E-state index in [1.54, 1.807) is 28.9 Å². The van der Waals surface area contributed by atoms with Gasteiger partial charge in [0.2, 0.25) is 11.9 Å². The van der Waals surface area contributed by atoms with Gasteiger partial charge in [-0.1, -0.05) is 29.4 Å². The lowest BCUT2D eigenvalue weighted by molar-refractivity contribution is 0.174. The number of nitrogens with zero attached hydrogens (tertiary/aromatic N) is 4. The first-order valence-corrected chi connectivity index (χ1v) is 8.32. The Labute approximate surface area is 145 Å². The quantitative estimate of drug-likeness (QED) is 0.660. The van der Waals surface area contributed by atoms with Crippen molar-refractivity contribution in [2.24, 2.45) is 0 Å². The molecule has 0 bridgehead atoms. The second kappa shape index (κ2) is 6.29. The van der Waals surface area contributed by atoms with E-state index < -0.39 is 0 Å². The fourth-order valence-electron chi connectivity index (χ4n) is 2.23. The maximum absolute atomic E-state index is 13.9. The summed E-state index contributed by atoms with van der Waals surface area (Å²) in [5.41, 5.74) is 1.27. The summed E-state index contributed by atoms with van der Waals surface area (Å²) in [5, 5.41) is 12.6. The van der Waals surface area contributed by atoms with Crippen molar-refractivity contribution < 1.29 is 13.9 Å². The summed E-state index contributed by atoms with van der Waals surface area (Å²) >= 11 is 7.09. The highest BCUT2D eigenvalue weighted by Crippen LogP contribution is 2.34. The Morgan fingerprint density at radius 1 is 1.17 bits per heavy atom. The lowest BCUT2D eigenvalue weighted by Crippen LogP contribution is -1.99. The number of rotatable bonds is 4. The number of benzene rings is 2. The van der Waals surface area contributed by atoms with Gasteiger partial charge in [0.15, 0.2) is 11.5 Å². The standard InChI is InChI=1S/C15H10ClFN4O2S/c16-10-2-1-9(12(17)5-10)7-24-15-18-19-20-21(15)11-3-4-13-14(6-11)23-8-22-13/h1-6H,7-8H2. The third-order valence-corrected chi connectivity index (χ3v) is 4.62. The number of tetrazole rings is 1. The number of fused-ring (bicyclic) bond motifs is 1. The fraction of sp³-hybridized carbons (Fsp3) is 0.133. The summed E-state index contributed by atoms with van der Waals surface area (Å²) in [4.78, 5) is 0. The Kier molecular flexibility index (Phi) is 3.99. The number of thioether (sulfide) groups is 1. The Hall–Kier alpha value is -2.32. The molecule has 0 amide bonds. The van der Waals surface area contributed by atoms with Crippen molar-refractivity contribution in [1.29, 1.82) is 0 Å². The second-order valence-electron chi connectivity index (χ2n) is 4.94. The van der Waals surface area contributed by atoms with Crippen LogP contribution in [-0.4, -0.2) is 27.0 Å². The predicted octanol–water partition coefficient (Wildman–Crippen LogP) is 3.48. The molecule has 3 aromatic rings. The zero-order chi connectivity index (χ0) is 16.5. The van der Waals surface area contributed by atoms with Gasteiger partial charge in [-0.25, -0.2) is 4.39 Å². The van der Waals surface area contributed by atoms with Gasteiger partial charge in [0.1, 0.15) is 5.82 Å². The molecule has 1 aromatic heterocycles. The minimum Gasteiger partial charge on any atom is -0.454 e. The van der Waals surface area contributed by atoms with Gasteiger partial charge in [0, 0.05) is 16.8 Å². The van der Waals surface area contributed by atoms with Gasteiger partial charge in [0.25, 0.3) is 0 Å². The normalized spacial score (nSPS) is 12.6. The maximum atomic E-state index is 13.9. The van der Waals surface area contributed by atoms with Crippen molar-refractivity contribution in [2.75, 3.05) is 6.79 Å². The fourth-order valence-corrected chi connectivity index (χ4v) is 3.26. The summed E-state index contributed by atoms with van der Waals surface area (Å²) in [6, 6.07) is 10.0. The van der Waals surface area contributed by atoms with Crippen LogP contribution in [-0.2, 0) is 5.75 Å². The van der Waals surface area contributed by atoms with Gasteiger partial charge in [-0.2, -0.15) is 4.68 Å². The van der Waals surface area contributed by atoms with E-state index in [4.69, 9.17) is 21.1 Å². The highest BCUT2D eigenvalue weighted by molar-refractivity contribution is 7.98. The van der Waals surface area contributed by atoms with Crippen molar-refractivity contribution in [3.8, 4) is 17.2 Å². The number of hydrogen-bond acceptors (Lipinski definition) is 6. The summed E-state index contributed by atoms with van der Waals surface area (Å²) in [5.74, 6) is 1.36. The number of halogens is 2. The molecule has 0 saturated heterocycles. The summed E-state index contributed by atoms with van der Waals surface area (Å²) < 4.78 is 26.1. The average molecular weight is 365 g/mol. The SMILES string of the molecule is Fc1cc(Cl)ccc1CSc1nnnn1-c1ccc2c(c1)OCO2. The second-order valence-corrected chi connectivity index (χ2v) is 6.31. The Morgan fingerprint density at radius 3 is 2.92 bits per heavy atom. The van der Waals surface area contributed by atoms with E-state index >= 15 is 0 Å². The lowest BCUT2D eigenvalue weighted by Gasteiger charge is -2.06. The molecule has 0 unspecified atom stereocenters. The molecule has 0 saturated carbocycles. The van der Waals surface area contributed by atoms with Crippen molar-refractivity contribution in [3.63, 3.8) is 0 Å². The largest absolute Gasteiger partial charge is 0.454 e. The monoisotopic (exact) mass is 364 g/mol. The molecule has 2 aromatic carbocycles. The molecular weight excluding hydrogens is 355 g/mol. The molecule has 2 heterocycles.